The van der Waals surface area contributed by atoms with Crippen molar-refractivity contribution in [3.05, 3.63) is 36.0 Å². The van der Waals surface area contributed by atoms with E-state index >= 15 is 0 Å². The van der Waals surface area contributed by atoms with E-state index < -0.39 is 0 Å². The van der Waals surface area contributed by atoms with Crippen LogP contribution in [-0.4, -0.2) is 74.1 Å². The second kappa shape index (κ2) is 10.4. The van der Waals surface area contributed by atoms with Gasteiger partial charge in [0.05, 0.1) is 25.0 Å². The Morgan fingerprint density at radius 3 is 2.52 bits per heavy atom. The average Bonchev–Trinajstić information content (AvgIpc) is 3.52. The van der Waals surface area contributed by atoms with Gasteiger partial charge in [0.25, 0.3) is 0 Å². The van der Waals surface area contributed by atoms with E-state index in [9.17, 15) is 9.59 Å². The summed E-state index contributed by atoms with van der Waals surface area (Å²) in [7, 11) is 1.71. The molecule has 2 aliphatic heterocycles. The number of pyridine rings is 1. The number of nitrogens with one attached hydrogen (secondary N) is 2. The molecular weight excluding hydrogens is 535 g/mol. The zero-order chi connectivity index (χ0) is 22.1. The zero-order valence-corrected chi connectivity index (χ0v) is 21.1. The molecule has 0 aromatic carbocycles. The number of rotatable bonds is 6. The van der Waals surface area contributed by atoms with Gasteiger partial charge in [0, 0.05) is 51.5 Å². The van der Waals surface area contributed by atoms with Gasteiger partial charge in [0.1, 0.15) is 5.82 Å². The molecule has 4 atom stereocenters. The molecular formula is C23H31IN6O3. The summed E-state index contributed by atoms with van der Waals surface area (Å²) in [5.74, 6) is 1.78. The summed E-state index contributed by atoms with van der Waals surface area (Å²) in [5.41, 5.74) is 1.08. The highest BCUT2D eigenvalue weighted by atomic mass is 127. The maximum Gasteiger partial charge on any atom is 0.233 e. The first kappa shape index (κ1) is 23.9. The van der Waals surface area contributed by atoms with Gasteiger partial charge < -0.3 is 20.3 Å². The normalized spacial score (nSPS) is 28.2. The predicted octanol–water partition coefficient (Wildman–Crippen LogP) is 1.01. The van der Waals surface area contributed by atoms with Crippen molar-refractivity contribution < 1.29 is 14.3 Å². The van der Waals surface area contributed by atoms with E-state index in [0.29, 0.717) is 38.8 Å². The number of amides is 2. The summed E-state index contributed by atoms with van der Waals surface area (Å²) in [6.45, 7) is 4.46. The molecule has 4 unspecified atom stereocenters. The number of likely N-dealkylation sites (tertiary alicyclic amines) is 1. The summed E-state index contributed by atoms with van der Waals surface area (Å²) in [6, 6.07) is 3.99. The molecule has 5 rings (SSSR count). The topological polar surface area (TPSA) is 99.2 Å². The lowest BCUT2D eigenvalue weighted by Gasteiger charge is -2.29. The number of fused-ring (bicyclic) bond motifs is 5. The minimum Gasteiger partial charge on any atom is -0.378 e. The lowest BCUT2D eigenvalue weighted by molar-refractivity contribution is -0.140. The van der Waals surface area contributed by atoms with Crippen LogP contribution in [0, 0.1) is 23.7 Å². The van der Waals surface area contributed by atoms with E-state index in [1.165, 1.54) is 4.90 Å². The molecule has 3 fully saturated rings. The van der Waals surface area contributed by atoms with E-state index in [1.54, 1.807) is 7.05 Å². The van der Waals surface area contributed by atoms with Gasteiger partial charge in [-0.3, -0.25) is 19.5 Å². The Balaban J connectivity index is 0.00000259. The van der Waals surface area contributed by atoms with Gasteiger partial charge in [-0.15, -0.1) is 24.0 Å². The van der Waals surface area contributed by atoms with Gasteiger partial charge >= 0.3 is 0 Å². The van der Waals surface area contributed by atoms with Crippen molar-refractivity contribution in [3.63, 3.8) is 0 Å². The molecule has 3 heterocycles. The third-order valence-corrected chi connectivity index (χ3v) is 7.04. The van der Waals surface area contributed by atoms with Crippen LogP contribution >= 0.6 is 24.0 Å². The van der Waals surface area contributed by atoms with E-state index in [0.717, 1.165) is 30.9 Å². The number of guanidine groups is 1. The van der Waals surface area contributed by atoms with Crippen molar-refractivity contribution in [1.29, 1.82) is 0 Å². The quantitative estimate of drug-likeness (QED) is 0.174. The highest BCUT2D eigenvalue weighted by molar-refractivity contribution is 14.0. The van der Waals surface area contributed by atoms with E-state index in [2.05, 4.69) is 43.7 Å². The Labute approximate surface area is 211 Å². The van der Waals surface area contributed by atoms with Crippen LogP contribution in [0.3, 0.4) is 0 Å². The summed E-state index contributed by atoms with van der Waals surface area (Å²) in [6.07, 6.45) is 7.00. The molecule has 2 amide bonds. The molecule has 9 nitrogen and oxygen atoms in total. The van der Waals surface area contributed by atoms with Crippen molar-refractivity contribution in [1.82, 2.24) is 20.5 Å². The molecule has 1 saturated carbocycles. The van der Waals surface area contributed by atoms with Crippen LogP contribution < -0.4 is 15.5 Å². The van der Waals surface area contributed by atoms with Crippen LogP contribution in [0.15, 0.2) is 35.5 Å². The largest absolute Gasteiger partial charge is 0.378 e. The first-order valence-corrected chi connectivity index (χ1v) is 11.4. The van der Waals surface area contributed by atoms with Crippen LogP contribution in [0.25, 0.3) is 0 Å². The molecule has 1 aromatic rings. The number of hydrogen-bond donors (Lipinski definition) is 2. The second-order valence-corrected chi connectivity index (χ2v) is 8.77. The summed E-state index contributed by atoms with van der Waals surface area (Å²) >= 11 is 0. The summed E-state index contributed by atoms with van der Waals surface area (Å²) in [4.78, 5) is 38.1. The number of imide groups is 1. The number of hydrogen-bond acceptors (Lipinski definition) is 6. The standard InChI is InChI=1S/C23H30N6O3.HI/c1-24-23(27-14-17-3-2-6-25-20(17)28-9-11-32-12-10-28)26-7-8-29-21(30)18-15-4-5-16(13-15)19(18)22(29)31;/h2-6,15-16,18-19H,7-14H2,1H3,(H2,24,26,27);1H. The van der Waals surface area contributed by atoms with Crippen LogP contribution in [0.2, 0.25) is 0 Å². The zero-order valence-electron chi connectivity index (χ0n) is 18.8. The number of carbonyl (C=O) groups excluding carboxylic acids is 2. The van der Waals surface area contributed by atoms with Crippen LogP contribution in [0.4, 0.5) is 5.82 Å². The second-order valence-electron chi connectivity index (χ2n) is 8.77. The van der Waals surface area contributed by atoms with Gasteiger partial charge in [0.2, 0.25) is 11.8 Å². The van der Waals surface area contributed by atoms with Crippen molar-refractivity contribution in [2.45, 2.75) is 13.0 Å². The molecule has 10 heteroatoms. The van der Waals surface area contributed by atoms with Gasteiger partial charge in [-0.2, -0.15) is 0 Å². The number of anilines is 1. The molecule has 2 saturated heterocycles. The lowest BCUT2D eigenvalue weighted by Crippen LogP contribution is -2.43. The van der Waals surface area contributed by atoms with Crippen molar-refractivity contribution in [2.24, 2.45) is 28.7 Å². The minimum absolute atomic E-state index is 0. The van der Waals surface area contributed by atoms with Gasteiger partial charge in [-0.1, -0.05) is 18.2 Å². The molecule has 1 aromatic heterocycles. The summed E-state index contributed by atoms with van der Waals surface area (Å²) in [5, 5.41) is 6.55. The fourth-order valence-corrected chi connectivity index (χ4v) is 5.50. The smallest absolute Gasteiger partial charge is 0.233 e. The van der Waals surface area contributed by atoms with Crippen molar-refractivity contribution in [2.75, 3.05) is 51.3 Å². The number of nitrogens with zero attached hydrogens (tertiary/aromatic N) is 4. The Bertz CT molecular complexity index is 918. The monoisotopic (exact) mass is 566 g/mol. The van der Waals surface area contributed by atoms with Crippen LogP contribution in [0.1, 0.15) is 12.0 Å². The van der Waals surface area contributed by atoms with Crippen LogP contribution in [0.5, 0.6) is 0 Å². The fraction of sp³-hybridized carbons (Fsp3) is 0.565. The third-order valence-electron chi connectivity index (χ3n) is 7.04. The predicted molar refractivity (Wildman–Crippen MR) is 135 cm³/mol. The fourth-order valence-electron chi connectivity index (χ4n) is 5.50. The molecule has 0 spiro atoms. The minimum atomic E-state index is -0.140. The number of carbonyl (C=O) groups is 2. The first-order valence-electron chi connectivity index (χ1n) is 11.4. The number of aromatic nitrogens is 1. The number of allylic oxidation sites excluding steroid dienone is 2. The van der Waals surface area contributed by atoms with Crippen molar-refractivity contribution in [3.8, 4) is 0 Å². The van der Waals surface area contributed by atoms with Crippen molar-refractivity contribution >= 4 is 47.6 Å². The number of aliphatic imine (C=N–C) groups is 1. The molecule has 2 aliphatic carbocycles. The number of morpholine rings is 1. The first-order chi connectivity index (χ1) is 15.7. The van der Waals surface area contributed by atoms with Gasteiger partial charge in [-0.05, 0) is 24.3 Å². The van der Waals surface area contributed by atoms with Gasteiger partial charge in [-0.25, -0.2) is 4.98 Å². The van der Waals surface area contributed by atoms with E-state index in [-0.39, 0.29) is 59.5 Å². The molecule has 33 heavy (non-hydrogen) atoms. The molecule has 4 aliphatic rings. The molecule has 0 radical (unpaired) electrons. The Hall–Kier alpha value is -2.21. The Morgan fingerprint density at radius 1 is 1.15 bits per heavy atom. The number of halogens is 1. The van der Waals surface area contributed by atoms with Crippen LogP contribution in [-0.2, 0) is 20.9 Å². The molecule has 178 valence electrons. The van der Waals surface area contributed by atoms with E-state index in [4.69, 9.17) is 4.74 Å². The molecule has 2 bridgehead atoms. The average molecular weight is 566 g/mol. The Morgan fingerprint density at radius 2 is 1.85 bits per heavy atom. The van der Waals surface area contributed by atoms with Gasteiger partial charge in [0.15, 0.2) is 5.96 Å². The SMILES string of the molecule is CN=C(NCCN1C(=O)C2C3C=CC(C3)C2C1=O)NCc1cccnc1N1CCOCC1.I. The summed E-state index contributed by atoms with van der Waals surface area (Å²) < 4.78 is 5.45. The Kier molecular flexibility index (Phi) is 7.52. The maximum absolute atomic E-state index is 12.8. The maximum atomic E-state index is 12.8. The highest BCUT2D eigenvalue weighted by Crippen LogP contribution is 2.52. The molecule has 2 N–H and O–H groups in total. The van der Waals surface area contributed by atoms with E-state index in [1.807, 2.05) is 12.3 Å². The highest BCUT2D eigenvalue weighted by Gasteiger charge is 2.58. The third kappa shape index (κ3) is 4.59. The number of ether oxygens (including phenoxy) is 1. The lowest BCUT2D eigenvalue weighted by atomic mass is 9.85.